The Labute approximate surface area is 135 Å². The maximum Gasteiger partial charge on any atom is 0.0595 e. The summed E-state index contributed by atoms with van der Waals surface area (Å²) in [5.74, 6) is 0.280. The normalized spacial score (nSPS) is 18.9. The highest BCUT2D eigenvalue weighted by molar-refractivity contribution is 6.42. The van der Waals surface area contributed by atoms with Crippen LogP contribution in [0.15, 0.2) is 48.0 Å². The van der Waals surface area contributed by atoms with Crippen LogP contribution in [0.2, 0.25) is 10.0 Å². The van der Waals surface area contributed by atoms with Crippen molar-refractivity contribution in [2.45, 2.75) is 25.3 Å². The van der Waals surface area contributed by atoms with E-state index in [4.69, 9.17) is 28.9 Å². The third-order valence-corrected chi connectivity index (χ3v) is 4.82. The summed E-state index contributed by atoms with van der Waals surface area (Å²) in [6.07, 6.45) is 3.14. The summed E-state index contributed by atoms with van der Waals surface area (Å²) in [5, 5.41) is 1.19. The smallest absolute Gasteiger partial charge is 0.0595 e. The second kappa shape index (κ2) is 5.84. The van der Waals surface area contributed by atoms with Crippen molar-refractivity contribution in [1.29, 1.82) is 0 Å². The maximum absolute atomic E-state index is 6.19. The van der Waals surface area contributed by atoms with Crippen LogP contribution in [-0.4, -0.2) is 6.04 Å². The van der Waals surface area contributed by atoms with Gasteiger partial charge in [0.2, 0.25) is 0 Å². The van der Waals surface area contributed by atoms with E-state index in [1.54, 1.807) is 0 Å². The fourth-order valence-electron chi connectivity index (χ4n) is 2.91. The lowest BCUT2D eigenvalue weighted by Crippen LogP contribution is -2.22. The lowest BCUT2D eigenvalue weighted by molar-refractivity contribution is 0.714. The number of halogens is 2. The van der Waals surface area contributed by atoms with E-state index >= 15 is 0 Å². The SMILES string of the molecule is C[C@H](N)C1=Cc2ccccc2[C@H](c2ccc(Cl)c(Cl)c2)C1. The highest BCUT2D eigenvalue weighted by atomic mass is 35.5. The minimum Gasteiger partial charge on any atom is -0.324 e. The zero-order valence-corrected chi connectivity index (χ0v) is 13.3. The van der Waals surface area contributed by atoms with E-state index < -0.39 is 0 Å². The molecule has 3 rings (SSSR count). The van der Waals surface area contributed by atoms with Crippen molar-refractivity contribution in [2.75, 3.05) is 0 Å². The summed E-state index contributed by atoms with van der Waals surface area (Å²) in [5.41, 5.74) is 11.1. The molecule has 2 atom stereocenters. The van der Waals surface area contributed by atoms with Crippen LogP contribution in [0.4, 0.5) is 0 Å². The molecule has 0 radical (unpaired) electrons. The van der Waals surface area contributed by atoms with Gasteiger partial charge in [0, 0.05) is 12.0 Å². The van der Waals surface area contributed by atoms with E-state index in [9.17, 15) is 0 Å². The van der Waals surface area contributed by atoms with Crippen molar-refractivity contribution in [3.05, 3.63) is 74.8 Å². The number of hydrogen-bond acceptors (Lipinski definition) is 1. The molecule has 0 bridgehead atoms. The first-order valence-electron chi connectivity index (χ1n) is 7.06. The average molecular weight is 318 g/mol. The van der Waals surface area contributed by atoms with Gasteiger partial charge < -0.3 is 5.73 Å². The van der Waals surface area contributed by atoms with Crippen molar-refractivity contribution < 1.29 is 0 Å². The lowest BCUT2D eigenvalue weighted by atomic mass is 9.78. The Bertz CT molecular complexity index is 704. The van der Waals surface area contributed by atoms with Gasteiger partial charge in [-0.05, 0) is 42.2 Å². The van der Waals surface area contributed by atoms with Crippen molar-refractivity contribution in [2.24, 2.45) is 5.73 Å². The molecule has 1 nitrogen and oxygen atoms in total. The quantitative estimate of drug-likeness (QED) is 0.803. The van der Waals surface area contributed by atoms with Crippen molar-refractivity contribution in [3.63, 3.8) is 0 Å². The van der Waals surface area contributed by atoms with E-state index in [1.807, 2.05) is 19.1 Å². The van der Waals surface area contributed by atoms with E-state index in [2.05, 4.69) is 36.4 Å². The van der Waals surface area contributed by atoms with Crippen LogP contribution in [0, 0.1) is 0 Å². The van der Waals surface area contributed by atoms with Gasteiger partial charge >= 0.3 is 0 Å². The maximum atomic E-state index is 6.19. The summed E-state index contributed by atoms with van der Waals surface area (Å²) in [6.45, 7) is 2.03. The fraction of sp³-hybridized carbons (Fsp3) is 0.222. The molecule has 0 amide bonds. The molecule has 1 aliphatic rings. The highest BCUT2D eigenvalue weighted by Gasteiger charge is 2.24. The van der Waals surface area contributed by atoms with Gasteiger partial charge in [-0.1, -0.05) is 65.2 Å². The largest absolute Gasteiger partial charge is 0.324 e. The van der Waals surface area contributed by atoms with E-state index in [0.29, 0.717) is 10.0 Å². The number of rotatable bonds is 2. The van der Waals surface area contributed by atoms with Crippen LogP contribution in [-0.2, 0) is 0 Å². The van der Waals surface area contributed by atoms with E-state index in [-0.39, 0.29) is 12.0 Å². The van der Waals surface area contributed by atoms with Crippen LogP contribution in [0.5, 0.6) is 0 Å². The Kier molecular flexibility index (Phi) is 4.08. The molecule has 2 N–H and O–H groups in total. The van der Waals surface area contributed by atoms with Gasteiger partial charge in [0.25, 0.3) is 0 Å². The minimum absolute atomic E-state index is 0.0589. The summed E-state index contributed by atoms with van der Waals surface area (Å²) in [7, 11) is 0. The van der Waals surface area contributed by atoms with Gasteiger partial charge in [0.1, 0.15) is 0 Å². The Hall–Kier alpha value is -1.28. The van der Waals surface area contributed by atoms with Crippen molar-refractivity contribution in [3.8, 4) is 0 Å². The predicted molar refractivity (Wildman–Crippen MR) is 91.0 cm³/mol. The highest BCUT2D eigenvalue weighted by Crippen LogP contribution is 2.40. The van der Waals surface area contributed by atoms with Crippen molar-refractivity contribution in [1.82, 2.24) is 0 Å². The van der Waals surface area contributed by atoms with Gasteiger partial charge in [-0.2, -0.15) is 0 Å². The Morgan fingerprint density at radius 1 is 1.10 bits per heavy atom. The first-order valence-corrected chi connectivity index (χ1v) is 7.82. The van der Waals surface area contributed by atoms with Gasteiger partial charge in [0.15, 0.2) is 0 Å². The second-order valence-electron chi connectivity index (χ2n) is 5.57. The minimum atomic E-state index is 0.0589. The van der Waals surface area contributed by atoms with Crippen LogP contribution in [0.25, 0.3) is 6.08 Å². The average Bonchev–Trinajstić information content (AvgIpc) is 2.49. The summed E-state index contributed by atoms with van der Waals surface area (Å²) < 4.78 is 0. The molecule has 108 valence electrons. The van der Waals surface area contributed by atoms with E-state index in [0.717, 1.165) is 6.42 Å². The number of fused-ring (bicyclic) bond motifs is 1. The zero-order chi connectivity index (χ0) is 15.0. The zero-order valence-electron chi connectivity index (χ0n) is 11.8. The molecule has 0 heterocycles. The van der Waals surface area contributed by atoms with Crippen LogP contribution in [0.3, 0.4) is 0 Å². The van der Waals surface area contributed by atoms with Crippen LogP contribution < -0.4 is 5.73 Å². The van der Waals surface area contributed by atoms with E-state index in [1.165, 1.54) is 22.3 Å². The molecule has 0 unspecified atom stereocenters. The summed E-state index contributed by atoms with van der Waals surface area (Å²) in [6, 6.07) is 14.4. The molecule has 0 saturated heterocycles. The lowest BCUT2D eigenvalue weighted by Gasteiger charge is -2.28. The number of nitrogens with two attached hydrogens (primary N) is 1. The molecule has 0 fully saturated rings. The molecular weight excluding hydrogens is 301 g/mol. The third kappa shape index (κ3) is 2.87. The number of hydrogen-bond donors (Lipinski definition) is 1. The first-order chi connectivity index (χ1) is 10.1. The summed E-state index contributed by atoms with van der Waals surface area (Å²) >= 11 is 12.2. The monoisotopic (exact) mass is 317 g/mol. The molecule has 2 aromatic carbocycles. The Morgan fingerprint density at radius 3 is 2.57 bits per heavy atom. The standard InChI is InChI=1S/C18H17Cl2N/c1-11(21)14-8-12-4-2-3-5-15(12)16(9-14)13-6-7-17(19)18(20)10-13/h2-8,10-11,16H,9,21H2,1H3/t11-,16-/m0/s1. The fourth-order valence-corrected chi connectivity index (χ4v) is 3.21. The van der Waals surface area contributed by atoms with Gasteiger partial charge in [-0.25, -0.2) is 0 Å². The Morgan fingerprint density at radius 2 is 1.86 bits per heavy atom. The summed E-state index contributed by atoms with van der Waals surface area (Å²) in [4.78, 5) is 0. The topological polar surface area (TPSA) is 26.0 Å². The second-order valence-corrected chi connectivity index (χ2v) is 6.38. The predicted octanol–water partition coefficient (Wildman–Crippen LogP) is 5.26. The molecule has 0 saturated carbocycles. The van der Waals surface area contributed by atoms with Gasteiger partial charge in [0.05, 0.1) is 10.0 Å². The number of benzene rings is 2. The molecule has 1 aliphatic carbocycles. The molecular formula is C18H17Cl2N. The first kappa shape index (κ1) is 14.6. The molecule has 0 aliphatic heterocycles. The van der Waals surface area contributed by atoms with Crippen LogP contribution in [0.1, 0.15) is 36.0 Å². The molecule has 21 heavy (non-hydrogen) atoms. The Balaban J connectivity index is 2.10. The van der Waals surface area contributed by atoms with Crippen LogP contribution >= 0.6 is 23.2 Å². The van der Waals surface area contributed by atoms with Gasteiger partial charge in [-0.15, -0.1) is 0 Å². The third-order valence-electron chi connectivity index (χ3n) is 4.08. The molecule has 2 aromatic rings. The van der Waals surface area contributed by atoms with Crippen molar-refractivity contribution >= 4 is 29.3 Å². The molecule has 3 heteroatoms. The molecule has 0 spiro atoms. The molecule has 0 aromatic heterocycles. The van der Waals surface area contributed by atoms with Gasteiger partial charge in [-0.3, -0.25) is 0 Å².